The highest BCUT2D eigenvalue weighted by molar-refractivity contribution is 5.87. The molecule has 0 radical (unpaired) electrons. The largest absolute Gasteiger partial charge is 0.368 e. The molecule has 0 aromatic rings. The second-order valence-corrected chi connectivity index (χ2v) is 11.6. The molecule has 0 fully saturated rings. The van der Waals surface area contributed by atoms with Gasteiger partial charge in [0.2, 0.25) is 0 Å². The summed E-state index contributed by atoms with van der Waals surface area (Å²) < 4.78 is 0. The van der Waals surface area contributed by atoms with Crippen LogP contribution in [-0.4, -0.2) is 11.2 Å². The summed E-state index contributed by atoms with van der Waals surface area (Å²) >= 11 is 0. The van der Waals surface area contributed by atoms with Crippen molar-refractivity contribution >= 4 is 5.97 Å². The zero-order valence-electron chi connectivity index (χ0n) is 25.3. The predicted octanol–water partition coefficient (Wildman–Crippen LogP) is 12.3. The van der Waals surface area contributed by atoms with Crippen LogP contribution in [0.1, 0.15) is 200 Å². The van der Waals surface area contributed by atoms with Gasteiger partial charge in [-0.3, -0.25) is 4.89 Å². The summed E-state index contributed by atoms with van der Waals surface area (Å²) in [6, 6.07) is 0. The first kappa shape index (κ1) is 36.2. The second kappa shape index (κ2) is 31.4. The number of hydrogen-bond acceptors (Lipinski definition) is 3. The molecule has 0 amide bonds. The van der Waals surface area contributed by atoms with Crippen LogP contribution in [0.2, 0.25) is 0 Å². The summed E-state index contributed by atoms with van der Waals surface area (Å²) in [4.78, 5) is 14.8. The number of allylic oxidation sites excluding steroid dienone is 1. The molecule has 0 unspecified atom stereocenters. The van der Waals surface area contributed by atoms with Gasteiger partial charge in [-0.25, -0.2) is 4.79 Å². The molecular weight excluding hydrogens is 456 g/mol. The van der Waals surface area contributed by atoms with Gasteiger partial charge >= 0.3 is 5.97 Å². The van der Waals surface area contributed by atoms with E-state index in [0.717, 1.165) is 12.8 Å². The monoisotopic (exact) mass is 523 g/mol. The van der Waals surface area contributed by atoms with Gasteiger partial charge in [0, 0.05) is 5.57 Å². The van der Waals surface area contributed by atoms with Crippen LogP contribution >= 0.6 is 0 Å². The minimum absolute atomic E-state index is 0.493. The van der Waals surface area contributed by atoms with E-state index in [2.05, 4.69) is 11.8 Å². The quantitative estimate of drug-likeness (QED) is 0.0441. The van der Waals surface area contributed by atoms with E-state index in [1.165, 1.54) is 173 Å². The molecule has 0 aromatic heterocycles. The minimum atomic E-state index is -0.639. The highest BCUT2D eigenvalue weighted by Crippen LogP contribution is 2.16. The number of unbranched alkanes of at least 4 members (excludes halogenated alkanes) is 28. The maximum atomic E-state index is 11.1. The van der Waals surface area contributed by atoms with Crippen molar-refractivity contribution in [2.24, 2.45) is 0 Å². The second-order valence-electron chi connectivity index (χ2n) is 11.6. The van der Waals surface area contributed by atoms with Gasteiger partial charge in [-0.2, -0.15) is 5.26 Å². The van der Waals surface area contributed by atoms with E-state index in [1.807, 2.05) is 6.08 Å². The fourth-order valence-electron chi connectivity index (χ4n) is 5.29. The fourth-order valence-corrected chi connectivity index (χ4v) is 5.29. The highest BCUT2D eigenvalue weighted by Gasteiger charge is 2.03. The normalized spacial score (nSPS) is 11.8. The van der Waals surface area contributed by atoms with Crippen molar-refractivity contribution in [1.29, 1.82) is 0 Å². The van der Waals surface area contributed by atoms with E-state index in [0.29, 0.717) is 5.57 Å². The summed E-state index contributed by atoms with van der Waals surface area (Å²) in [6.07, 6.45) is 42.4. The first-order valence-corrected chi connectivity index (χ1v) is 16.7. The summed E-state index contributed by atoms with van der Waals surface area (Å²) in [5.41, 5.74) is 0.493. The zero-order valence-corrected chi connectivity index (χ0v) is 25.3. The molecule has 0 aromatic carbocycles. The van der Waals surface area contributed by atoms with Crippen LogP contribution in [0, 0.1) is 0 Å². The van der Waals surface area contributed by atoms with Crippen molar-refractivity contribution < 1.29 is 14.9 Å². The van der Waals surface area contributed by atoms with E-state index in [9.17, 15) is 4.79 Å². The lowest BCUT2D eigenvalue weighted by Crippen LogP contribution is -2.01. The van der Waals surface area contributed by atoms with Gasteiger partial charge in [0.05, 0.1) is 0 Å². The molecule has 0 saturated heterocycles. The average molecular weight is 523 g/mol. The van der Waals surface area contributed by atoms with Gasteiger partial charge in [-0.15, -0.1) is 0 Å². The van der Waals surface area contributed by atoms with E-state index in [-0.39, 0.29) is 0 Å². The fraction of sp³-hybridized carbons (Fsp3) is 0.912. The van der Waals surface area contributed by atoms with Crippen LogP contribution in [0.4, 0.5) is 0 Å². The van der Waals surface area contributed by atoms with Gasteiger partial charge in [0.15, 0.2) is 0 Å². The van der Waals surface area contributed by atoms with Crippen molar-refractivity contribution in [3.63, 3.8) is 0 Å². The lowest BCUT2D eigenvalue weighted by Gasteiger charge is -2.04. The predicted molar refractivity (Wildman–Crippen MR) is 162 cm³/mol. The molecule has 0 bridgehead atoms. The van der Waals surface area contributed by atoms with Gasteiger partial charge in [0.1, 0.15) is 0 Å². The Kier molecular flexibility index (Phi) is 30.7. The van der Waals surface area contributed by atoms with Crippen LogP contribution in [0.5, 0.6) is 0 Å². The van der Waals surface area contributed by atoms with Gasteiger partial charge in [-0.05, 0) is 19.8 Å². The van der Waals surface area contributed by atoms with Crippen LogP contribution < -0.4 is 0 Å². The van der Waals surface area contributed by atoms with Crippen LogP contribution in [0.3, 0.4) is 0 Å². The SMILES string of the molecule is CCCCCCCCCCCCCCCCCCCCCCCCCCCCCC/C=C(\C)C(=O)OO. The molecule has 3 nitrogen and oxygen atoms in total. The minimum Gasteiger partial charge on any atom is -0.296 e. The Morgan fingerprint density at radius 2 is 0.730 bits per heavy atom. The maximum Gasteiger partial charge on any atom is 0.368 e. The summed E-state index contributed by atoms with van der Waals surface area (Å²) in [5, 5.41) is 8.32. The molecule has 0 aliphatic heterocycles. The summed E-state index contributed by atoms with van der Waals surface area (Å²) in [7, 11) is 0. The standard InChI is InChI=1S/C34H66O3/c1-3-4-5-6-7-8-9-10-11-12-13-14-15-16-17-18-19-20-21-22-23-24-25-26-27-28-29-30-31-32-33(2)34(35)37-36/h32,36H,3-31H2,1-2H3/b33-32+. The Labute approximate surface area is 232 Å². The molecule has 3 heteroatoms. The van der Waals surface area contributed by atoms with Crippen molar-refractivity contribution in [2.45, 2.75) is 200 Å². The summed E-state index contributed by atoms with van der Waals surface area (Å²) in [5.74, 6) is -0.639. The first-order chi connectivity index (χ1) is 18.2. The van der Waals surface area contributed by atoms with E-state index >= 15 is 0 Å². The van der Waals surface area contributed by atoms with Gasteiger partial charge in [0.25, 0.3) is 0 Å². The molecule has 0 aliphatic rings. The summed E-state index contributed by atoms with van der Waals surface area (Å²) in [6.45, 7) is 3.98. The Balaban J connectivity index is 3.10. The van der Waals surface area contributed by atoms with E-state index in [1.54, 1.807) is 6.92 Å². The van der Waals surface area contributed by atoms with Crippen molar-refractivity contribution in [2.75, 3.05) is 0 Å². The lowest BCUT2D eigenvalue weighted by molar-refractivity contribution is -0.229. The zero-order chi connectivity index (χ0) is 27.1. The van der Waals surface area contributed by atoms with Crippen LogP contribution in [0.15, 0.2) is 11.6 Å². The van der Waals surface area contributed by atoms with Gasteiger partial charge in [-0.1, -0.05) is 186 Å². The number of carbonyl (C=O) groups excluding carboxylic acids is 1. The third-order valence-electron chi connectivity index (χ3n) is 7.91. The van der Waals surface area contributed by atoms with E-state index < -0.39 is 5.97 Å². The van der Waals surface area contributed by atoms with Crippen molar-refractivity contribution in [1.82, 2.24) is 0 Å². The Morgan fingerprint density at radius 3 is 0.973 bits per heavy atom. The molecule has 37 heavy (non-hydrogen) atoms. The van der Waals surface area contributed by atoms with Crippen LogP contribution in [0.25, 0.3) is 0 Å². The van der Waals surface area contributed by atoms with Gasteiger partial charge < -0.3 is 0 Å². The average Bonchev–Trinajstić information content (AvgIpc) is 2.91. The number of hydrogen-bond donors (Lipinski definition) is 1. The van der Waals surface area contributed by atoms with Crippen molar-refractivity contribution in [3.05, 3.63) is 11.6 Å². The highest BCUT2D eigenvalue weighted by atomic mass is 17.1. The lowest BCUT2D eigenvalue weighted by atomic mass is 10.0. The Bertz CT molecular complexity index is 485. The maximum absolute atomic E-state index is 11.1. The molecule has 1 N–H and O–H groups in total. The molecule has 220 valence electrons. The molecule has 0 spiro atoms. The van der Waals surface area contributed by atoms with Crippen LogP contribution in [-0.2, 0) is 9.68 Å². The Morgan fingerprint density at radius 1 is 0.486 bits per heavy atom. The number of rotatable bonds is 30. The van der Waals surface area contributed by atoms with Crippen molar-refractivity contribution in [3.8, 4) is 0 Å². The third kappa shape index (κ3) is 29.6. The first-order valence-electron chi connectivity index (χ1n) is 16.7. The van der Waals surface area contributed by atoms with E-state index in [4.69, 9.17) is 5.26 Å². The molecule has 0 saturated carbocycles. The molecular formula is C34H66O3. The third-order valence-corrected chi connectivity index (χ3v) is 7.91. The molecule has 0 rings (SSSR count). The molecule has 0 aliphatic carbocycles. The molecule has 0 heterocycles. The Hall–Kier alpha value is -0.830. The molecule has 0 atom stereocenters. The topological polar surface area (TPSA) is 46.5 Å². The smallest absolute Gasteiger partial charge is 0.296 e. The number of carbonyl (C=O) groups is 1.